The fourth-order valence-corrected chi connectivity index (χ4v) is 3.44. The number of halogens is 2. The van der Waals surface area contributed by atoms with Crippen LogP contribution >= 0.6 is 27.5 Å². The van der Waals surface area contributed by atoms with E-state index >= 15 is 0 Å². The van der Waals surface area contributed by atoms with Gasteiger partial charge in [0.2, 0.25) is 0 Å². The van der Waals surface area contributed by atoms with E-state index in [1.807, 2.05) is 6.07 Å². The second-order valence-corrected chi connectivity index (χ2v) is 6.61. The van der Waals surface area contributed by atoms with Gasteiger partial charge in [0, 0.05) is 10.5 Å². The van der Waals surface area contributed by atoms with Crippen molar-refractivity contribution >= 4 is 27.5 Å². The average Bonchev–Trinajstić information content (AvgIpc) is 2.75. The summed E-state index contributed by atoms with van der Waals surface area (Å²) in [6, 6.07) is 6.82. The van der Waals surface area contributed by atoms with Crippen LogP contribution in [0.1, 0.15) is 31.4 Å². The van der Waals surface area contributed by atoms with E-state index in [2.05, 4.69) is 52.3 Å². The van der Waals surface area contributed by atoms with Gasteiger partial charge in [-0.3, -0.25) is 4.90 Å². The zero-order valence-electron chi connectivity index (χ0n) is 11.6. The molecule has 1 aromatic rings. The van der Waals surface area contributed by atoms with Crippen LogP contribution in [0.2, 0.25) is 5.02 Å². The molecule has 0 spiro atoms. The molecule has 1 N–H and O–H groups in total. The van der Waals surface area contributed by atoms with Gasteiger partial charge in [0.05, 0.1) is 5.02 Å². The lowest BCUT2D eigenvalue weighted by atomic mass is 9.93. The fourth-order valence-electron chi connectivity index (χ4n) is 2.93. The summed E-state index contributed by atoms with van der Waals surface area (Å²) in [5.41, 5.74) is 1.36. The molecule has 0 saturated carbocycles. The third-order valence-electron chi connectivity index (χ3n) is 3.89. The topological polar surface area (TPSA) is 15.3 Å². The summed E-state index contributed by atoms with van der Waals surface area (Å²) in [7, 11) is 2.22. The van der Waals surface area contributed by atoms with E-state index in [1.165, 1.54) is 24.9 Å². The molecular formula is C15H22BrClN2. The minimum atomic E-state index is 0.498. The normalized spacial score (nSPS) is 24.0. The highest BCUT2D eigenvalue weighted by molar-refractivity contribution is 9.10. The maximum absolute atomic E-state index is 6.09. The molecular weight excluding hydrogens is 324 g/mol. The largest absolute Gasteiger partial charge is 0.316 e. The van der Waals surface area contributed by atoms with E-state index in [9.17, 15) is 0 Å². The van der Waals surface area contributed by atoms with Crippen molar-refractivity contribution in [3.8, 4) is 0 Å². The fraction of sp³-hybridized carbons (Fsp3) is 0.600. The first-order chi connectivity index (χ1) is 9.13. The van der Waals surface area contributed by atoms with Gasteiger partial charge in [0.1, 0.15) is 0 Å². The highest BCUT2D eigenvalue weighted by atomic mass is 79.9. The molecule has 106 valence electrons. The summed E-state index contributed by atoms with van der Waals surface area (Å²) >= 11 is 9.62. The van der Waals surface area contributed by atoms with Crippen molar-refractivity contribution in [1.29, 1.82) is 0 Å². The van der Waals surface area contributed by atoms with Gasteiger partial charge in [-0.05, 0) is 79.1 Å². The summed E-state index contributed by atoms with van der Waals surface area (Å²) in [6.07, 6.45) is 2.46. The molecule has 2 rings (SSSR count). The van der Waals surface area contributed by atoms with E-state index < -0.39 is 0 Å². The van der Waals surface area contributed by atoms with Crippen molar-refractivity contribution in [3.05, 3.63) is 33.3 Å². The number of likely N-dealkylation sites (tertiary alicyclic amines) is 1. The maximum Gasteiger partial charge on any atom is 0.0548 e. The van der Waals surface area contributed by atoms with Gasteiger partial charge in [-0.2, -0.15) is 0 Å². The minimum Gasteiger partial charge on any atom is -0.316 e. The van der Waals surface area contributed by atoms with Gasteiger partial charge < -0.3 is 5.32 Å². The van der Waals surface area contributed by atoms with Crippen LogP contribution in [0.5, 0.6) is 0 Å². The quantitative estimate of drug-likeness (QED) is 0.808. The monoisotopic (exact) mass is 344 g/mol. The molecule has 1 aromatic carbocycles. The summed E-state index contributed by atoms with van der Waals surface area (Å²) in [4.78, 5) is 2.45. The van der Waals surface area contributed by atoms with Gasteiger partial charge in [-0.25, -0.2) is 0 Å². The molecule has 0 bridgehead atoms. The lowest BCUT2D eigenvalue weighted by molar-refractivity contribution is 0.272. The molecule has 0 aliphatic carbocycles. The van der Waals surface area contributed by atoms with Gasteiger partial charge >= 0.3 is 0 Å². The summed E-state index contributed by atoms with van der Waals surface area (Å²) < 4.78 is 0.993. The van der Waals surface area contributed by atoms with Crippen molar-refractivity contribution < 1.29 is 0 Å². The van der Waals surface area contributed by atoms with Gasteiger partial charge in [0.25, 0.3) is 0 Å². The third kappa shape index (κ3) is 3.72. The molecule has 0 radical (unpaired) electrons. The lowest BCUT2D eigenvalue weighted by Crippen LogP contribution is -2.28. The molecule has 1 fully saturated rings. The number of benzene rings is 1. The van der Waals surface area contributed by atoms with Crippen LogP contribution in [-0.4, -0.2) is 31.6 Å². The SMILES string of the molecule is CCCNCC1CCN(C)C1c1ccc(Cl)c(Br)c1. The van der Waals surface area contributed by atoms with Crippen molar-refractivity contribution in [2.45, 2.75) is 25.8 Å². The van der Waals surface area contributed by atoms with Crippen LogP contribution in [0.4, 0.5) is 0 Å². The highest BCUT2D eigenvalue weighted by Crippen LogP contribution is 2.37. The number of rotatable bonds is 5. The molecule has 1 heterocycles. The predicted octanol–water partition coefficient (Wildman–Crippen LogP) is 4.09. The Morgan fingerprint density at radius 1 is 1.47 bits per heavy atom. The Labute approximate surface area is 129 Å². The molecule has 2 atom stereocenters. The molecule has 2 nitrogen and oxygen atoms in total. The van der Waals surface area contributed by atoms with Crippen molar-refractivity contribution in [2.75, 3.05) is 26.7 Å². The zero-order valence-corrected chi connectivity index (χ0v) is 14.0. The number of nitrogens with one attached hydrogen (secondary N) is 1. The second kappa shape index (κ2) is 7.07. The Morgan fingerprint density at radius 3 is 2.95 bits per heavy atom. The number of nitrogens with zero attached hydrogens (tertiary/aromatic N) is 1. The van der Waals surface area contributed by atoms with Crippen LogP contribution < -0.4 is 5.32 Å². The predicted molar refractivity (Wildman–Crippen MR) is 85.8 cm³/mol. The Balaban J connectivity index is 2.11. The van der Waals surface area contributed by atoms with Crippen LogP contribution in [0.25, 0.3) is 0 Å². The number of hydrogen-bond acceptors (Lipinski definition) is 2. The van der Waals surface area contributed by atoms with Crippen LogP contribution in [0.15, 0.2) is 22.7 Å². The Kier molecular flexibility index (Phi) is 5.70. The van der Waals surface area contributed by atoms with Gasteiger partial charge in [-0.1, -0.05) is 24.6 Å². The summed E-state index contributed by atoms with van der Waals surface area (Å²) in [5.74, 6) is 0.685. The molecule has 1 aliphatic rings. The first-order valence-corrected chi connectivity index (χ1v) is 8.16. The average molecular weight is 346 g/mol. The maximum atomic E-state index is 6.09. The van der Waals surface area contributed by atoms with E-state index in [0.29, 0.717) is 12.0 Å². The minimum absolute atomic E-state index is 0.498. The molecule has 19 heavy (non-hydrogen) atoms. The Hall–Kier alpha value is -0.0900. The summed E-state index contributed by atoms with van der Waals surface area (Å²) in [5, 5.41) is 4.34. The second-order valence-electron chi connectivity index (χ2n) is 5.35. The van der Waals surface area contributed by atoms with Crippen LogP contribution in [0.3, 0.4) is 0 Å². The molecule has 4 heteroatoms. The molecule has 2 unspecified atom stereocenters. The first-order valence-electron chi connectivity index (χ1n) is 6.99. The van der Waals surface area contributed by atoms with E-state index in [4.69, 9.17) is 11.6 Å². The van der Waals surface area contributed by atoms with E-state index in [0.717, 1.165) is 22.6 Å². The van der Waals surface area contributed by atoms with Crippen LogP contribution in [-0.2, 0) is 0 Å². The van der Waals surface area contributed by atoms with Crippen molar-refractivity contribution in [1.82, 2.24) is 10.2 Å². The summed E-state index contributed by atoms with van der Waals surface area (Å²) in [6.45, 7) is 5.59. The lowest BCUT2D eigenvalue weighted by Gasteiger charge is -2.26. The Bertz CT molecular complexity index is 425. The first kappa shape index (κ1) is 15.3. The van der Waals surface area contributed by atoms with E-state index in [1.54, 1.807) is 0 Å². The van der Waals surface area contributed by atoms with Gasteiger partial charge in [0.15, 0.2) is 0 Å². The highest BCUT2D eigenvalue weighted by Gasteiger charge is 2.32. The third-order valence-corrected chi connectivity index (χ3v) is 5.11. The van der Waals surface area contributed by atoms with Crippen LogP contribution in [0, 0.1) is 5.92 Å². The standard InChI is InChI=1S/C15H22BrClN2/c1-3-7-18-10-12-6-8-19(2)15(12)11-4-5-14(17)13(16)9-11/h4-5,9,12,15,18H,3,6-8,10H2,1-2H3. The number of hydrogen-bond donors (Lipinski definition) is 1. The molecule has 0 amide bonds. The molecule has 1 aliphatic heterocycles. The van der Waals surface area contributed by atoms with Gasteiger partial charge in [-0.15, -0.1) is 0 Å². The zero-order chi connectivity index (χ0) is 13.8. The Morgan fingerprint density at radius 2 is 2.26 bits per heavy atom. The molecule has 0 aromatic heterocycles. The molecule has 1 saturated heterocycles. The van der Waals surface area contributed by atoms with E-state index in [-0.39, 0.29) is 0 Å². The smallest absolute Gasteiger partial charge is 0.0548 e. The van der Waals surface area contributed by atoms with Crippen molar-refractivity contribution in [2.24, 2.45) is 5.92 Å². The van der Waals surface area contributed by atoms with Crippen molar-refractivity contribution in [3.63, 3.8) is 0 Å².